The highest BCUT2D eigenvalue weighted by molar-refractivity contribution is 7.90. The molecule has 5 heterocycles. The minimum atomic E-state index is -4.18. The zero-order valence-corrected chi connectivity index (χ0v) is 23.1. The summed E-state index contributed by atoms with van der Waals surface area (Å²) in [6, 6.07) is 13.5. The molecule has 12 heteroatoms. The predicted octanol–water partition coefficient (Wildman–Crippen LogP) is 5.49. The van der Waals surface area contributed by atoms with Crippen molar-refractivity contribution in [3.05, 3.63) is 107 Å². The van der Waals surface area contributed by atoms with Crippen LogP contribution in [0.1, 0.15) is 23.4 Å². The molecular weight excluding hydrogens is 568 g/mol. The lowest BCUT2D eigenvalue weighted by atomic mass is 9.90. The van der Waals surface area contributed by atoms with Gasteiger partial charge < -0.3 is 9.67 Å². The Labute approximate surface area is 237 Å². The molecule has 0 radical (unpaired) electrons. The van der Waals surface area contributed by atoms with Crippen LogP contribution in [0.25, 0.3) is 32.9 Å². The maximum absolute atomic E-state index is 15.2. The molecule has 2 aromatic carbocycles. The van der Waals surface area contributed by atoms with E-state index in [-0.39, 0.29) is 26.5 Å². The maximum Gasteiger partial charge on any atom is 0.269 e. The molecule has 7 rings (SSSR count). The zero-order chi connectivity index (χ0) is 28.5. The van der Waals surface area contributed by atoms with Crippen molar-refractivity contribution in [3.63, 3.8) is 0 Å². The molecule has 0 unspecified atom stereocenters. The van der Waals surface area contributed by atoms with E-state index >= 15 is 4.39 Å². The van der Waals surface area contributed by atoms with Gasteiger partial charge in [-0.2, -0.15) is 0 Å². The lowest BCUT2D eigenvalue weighted by Crippen LogP contribution is -2.25. The average molecular weight is 590 g/mol. The molecule has 0 amide bonds. The first-order chi connectivity index (χ1) is 19.7. The quantitative estimate of drug-likeness (QED) is 0.286. The van der Waals surface area contributed by atoms with E-state index < -0.39 is 27.3 Å². The summed E-state index contributed by atoms with van der Waals surface area (Å²) in [4.78, 5) is 12.9. The minimum absolute atomic E-state index is 0.0137. The summed E-state index contributed by atoms with van der Waals surface area (Å²) in [7, 11) is -4.18. The number of rotatable bonds is 5. The third kappa shape index (κ3) is 3.93. The first-order valence-electron chi connectivity index (χ1n) is 12.6. The Hall–Kier alpha value is -4.26. The van der Waals surface area contributed by atoms with Crippen molar-refractivity contribution in [2.75, 3.05) is 0 Å². The third-order valence-electron chi connectivity index (χ3n) is 7.43. The SMILES string of the molecule is Cc1ccc(S(=O)(=O)n2cc(-c3nc(-c4cccc([C@]5(O)CCn6ccnc65)c4)cs3)c3c(F)c(F)cnc32)cc1. The molecule has 1 aliphatic heterocycles. The van der Waals surface area contributed by atoms with Crippen molar-refractivity contribution in [2.24, 2.45) is 0 Å². The highest BCUT2D eigenvalue weighted by Gasteiger charge is 2.40. The maximum atomic E-state index is 15.2. The van der Waals surface area contributed by atoms with Crippen LogP contribution in [-0.2, 0) is 22.2 Å². The van der Waals surface area contributed by atoms with Gasteiger partial charge in [-0.1, -0.05) is 35.9 Å². The van der Waals surface area contributed by atoms with Crippen LogP contribution in [0.4, 0.5) is 8.78 Å². The third-order valence-corrected chi connectivity index (χ3v) is 9.97. The number of aliphatic hydroxyl groups is 1. The monoisotopic (exact) mass is 589 g/mol. The molecule has 6 aromatic rings. The van der Waals surface area contributed by atoms with E-state index in [1.165, 1.54) is 18.3 Å². The van der Waals surface area contributed by atoms with Crippen molar-refractivity contribution in [3.8, 4) is 21.8 Å². The fourth-order valence-electron chi connectivity index (χ4n) is 5.26. The van der Waals surface area contributed by atoms with Gasteiger partial charge in [-0.25, -0.2) is 36.1 Å². The fourth-order valence-corrected chi connectivity index (χ4v) is 7.42. The summed E-state index contributed by atoms with van der Waals surface area (Å²) in [5.41, 5.74) is 1.38. The molecule has 0 saturated carbocycles. The molecule has 0 fully saturated rings. The van der Waals surface area contributed by atoms with Gasteiger partial charge in [0.2, 0.25) is 0 Å². The number of benzene rings is 2. The van der Waals surface area contributed by atoms with Gasteiger partial charge in [-0.05, 0) is 30.7 Å². The van der Waals surface area contributed by atoms with E-state index in [9.17, 15) is 17.9 Å². The van der Waals surface area contributed by atoms with Crippen LogP contribution in [0, 0.1) is 18.6 Å². The predicted molar refractivity (Wildman–Crippen MR) is 150 cm³/mol. The zero-order valence-electron chi connectivity index (χ0n) is 21.5. The van der Waals surface area contributed by atoms with Gasteiger partial charge in [-0.15, -0.1) is 11.3 Å². The van der Waals surface area contributed by atoms with Gasteiger partial charge in [0.05, 0.1) is 22.2 Å². The number of thiazole rings is 1. The normalized spacial score (nSPS) is 16.9. The number of fused-ring (bicyclic) bond motifs is 2. The lowest BCUT2D eigenvalue weighted by molar-refractivity contribution is 0.0786. The molecular formula is C29H21F2N5O3S2. The summed E-state index contributed by atoms with van der Waals surface area (Å²) in [6.45, 7) is 2.47. The van der Waals surface area contributed by atoms with E-state index in [4.69, 9.17) is 0 Å². The number of halogens is 2. The second-order valence-electron chi connectivity index (χ2n) is 9.95. The number of aromatic nitrogens is 5. The molecule has 0 aliphatic carbocycles. The van der Waals surface area contributed by atoms with Crippen molar-refractivity contribution in [1.82, 2.24) is 23.5 Å². The van der Waals surface area contributed by atoms with Crippen LogP contribution < -0.4 is 0 Å². The van der Waals surface area contributed by atoms with Crippen LogP contribution in [0.3, 0.4) is 0 Å². The van der Waals surface area contributed by atoms with Crippen LogP contribution in [0.5, 0.6) is 0 Å². The van der Waals surface area contributed by atoms with Crippen LogP contribution in [-0.4, -0.2) is 37.0 Å². The topological polar surface area (TPSA) is 103 Å². The minimum Gasteiger partial charge on any atom is -0.377 e. The summed E-state index contributed by atoms with van der Waals surface area (Å²) in [5, 5.41) is 13.2. The summed E-state index contributed by atoms with van der Waals surface area (Å²) >= 11 is 1.16. The number of hydrogen-bond acceptors (Lipinski definition) is 7. The second-order valence-corrected chi connectivity index (χ2v) is 12.6. The van der Waals surface area contributed by atoms with Gasteiger partial charge in [-0.3, -0.25) is 0 Å². The molecule has 1 atom stereocenters. The van der Waals surface area contributed by atoms with Crippen LogP contribution in [0.15, 0.2) is 83.6 Å². The van der Waals surface area contributed by atoms with Crippen molar-refractivity contribution >= 4 is 32.4 Å². The first kappa shape index (κ1) is 25.7. The standard InChI is InChI=1S/C29H21F2N5O3S2/c1-17-5-7-20(8-6-17)41(38,39)36-15-21(24-25(31)22(30)14-33-26(24)36)27-34-23(16-40-27)18-3-2-4-19(13-18)29(37)9-11-35-12-10-32-28(29)35/h2-8,10,12-16,37H,9,11H2,1H3/t29-/m1/s1. The highest BCUT2D eigenvalue weighted by Crippen LogP contribution is 2.40. The van der Waals surface area contributed by atoms with Crippen LogP contribution in [0.2, 0.25) is 0 Å². The molecule has 0 spiro atoms. The number of hydrogen-bond donors (Lipinski definition) is 1. The Morgan fingerprint density at radius 2 is 1.90 bits per heavy atom. The first-order valence-corrected chi connectivity index (χ1v) is 15.0. The van der Waals surface area contributed by atoms with E-state index in [1.807, 2.05) is 42.0 Å². The van der Waals surface area contributed by atoms with E-state index in [0.29, 0.717) is 41.8 Å². The number of aryl methyl sites for hydroxylation is 2. The fraction of sp³-hybridized carbons (Fsp3) is 0.138. The molecule has 8 nitrogen and oxygen atoms in total. The van der Waals surface area contributed by atoms with Gasteiger partial charge in [0.25, 0.3) is 10.0 Å². The highest BCUT2D eigenvalue weighted by atomic mass is 32.2. The Bertz CT molecular complexity index is 2080. The summed E-state index contributed by atoms with van der Waals surface area (Å²) in [5.74, 6) is -1.83. The Kier molecular flexibility index (Phi) is 5.72. The smallest absolute Gasteiger partial charge is 0.269 e. The Balaban J connectivity index is 1.34. The largest absolute Gasteiger partial charge is 0.377 e. The van der Waals surface area contributed by atoms with Crippen LogP contribution >= 0.6 is 11.3 Å². The Morgan fingerprint density at radius 1 is 1.10 bits per heavy atom. The van der Waals surface area contributed by atoms with E-state index in [1.54, 1.807) is 23.7 Å². The molecule has 206 valence electrons. The van der Waals surface area contributed by atoms with Gasteiger partial charge >= 0.3 is 0 Å². The van der Waals surface area contributed by atoms with Gasteiger partial charge in [0.1, 0.15) is 16.4 Å². The molecule has 41 heavy (non-hydrogen) atoms. The average Bonchev–Trinajstić information content (AvgIpc) is 3.76. The second kappa shape index (κ2) is 9.13. The Morgan fingerprint density at radius 3 is 2.71 bits per heavy atom. The molecule has 1 aliphatic rings. The molecule has 0 bridgehead atoms. The van der Waals surface area contributed by atoms with E-state index in [0.717, 1.165) is 20.9 Å². The van der Waals surface area contributed by atoms with Crippen molar-refractivity contribution in [1.29, 1.82) is 0 Å². The summed E-state index contributed by atoms with van der Waals surface area (Å²) in [6.07, 6.45) is 5.86. The van der Waals surface area contributed by atoms with Gasteiger partial charge in [0, 0.05) is 48.1 Å². The van der Waals surface area contributed by atoms with Crippen molar-refractivity contribution in [2.45, 2.75) is 30.4 Å². The van der Waals surface area contributed by atoms with Crippen molar-refractivity contribution < 1.29 is 22.3 Å². The molecule has 1 N–H and O–H groups in total. The number of nitrogens with zero attached hydrogens (tertiary/aromatic N) is 5. The number of pyridine rings is 1. The molecule has 4 aromatic heterocycles. The lowest BCUT2D eigenvalue weighted by Gasteiger charge is -2.22. The van der Waals surface area contributed by atoms with E-state index in [2.05, 4.69) is 15.0 Å². The molecule has 0 saturated heterocycles. The summed E-state index contributed by atoms with van der Waals surface area (Å²) < 4.78 is 59.4. The van der Waals surface area contributed by atoms with Gasteiger partial charge in [0.15, 0.2) is 17.3 Å². The number of imidazole rings is 1.